The fraction of sp³-hybridized carbons (Fsp3) is 0.471. The van der Waals surface area contributed by atoms with Crippen LogP contribution >= 0.6 is 0 Å². The zero-order valence-electron chi connectivity index (χ0n) is 13.5. The Hall–Kier alpha value is -2.57. The molecule has 2 amide bonds. The summed E-state index contributed by atoms with van der Waals surface area (Å²) in [6, 6.07) is 2.62. The van der Waals surface area contributed by atoms with Crippen molar-refractivity contribution in [2.24, 2.45) is 0 Å². The van der Waals surface area contributed by atoms with Gasteiger partial charge in [-0.1, -0.05) is 0 Å². The van der Waals surface area contributed by atoms with Gasteiger partial charge in [-0.3, -0.25) is 9.59 Å². The number of fused-ring (bicyclic) bond motifs is 2. The van der Waals surface area contributed by atoms with Crippen LogP contribution in [0.1, 0.15) is 48.1 Å². The third kappa shape index (κ3) is 2.15. The van der Waals surface area contributed by atoms with Gasteiger partial charge in [0.2, 0.25) is 5.91 Å². The van der Waals surface area contributed by atoms with Gasteiger partial charge in [0.15, 0.2) is 5.76 Å². The first-order chi connectivity index (χ1) is 11.6. The summed E-state index contributed by atoms with van der Waals surface area (Å²) in [7, 11) is 0. The molecule has 3 heterocycles. The first-order valence-corrected chi connectivity index (χ1v) is 8.30. The van der Waals surface area contributed by atoms with Crippen LogP contribution < -0.4 is 5.32 Å². The van der Waals surface area contributed by atoms with Crippen LogP contribution in [0.15, 0.2) is 29.1 Å². The number of nitrogens with zero attached hydrogens (tertiary/aromatic N) is 2. The normalized spacial score (nSPS) is 19.5. The Bertz CT molecular complexity index is 761. The minimum atomic E-state index is -0.611. The van der Waals surface area contributed by atoms with Gasteiger partial charge in [-0.2, -0.15) is 0 Å². The van der Waals surface area contributed by atoms with Crippen LogP contribution in [0, 0.1) is 0 Å². The number of imidazole rings is 1. The largest absolute Gasteiger partial charge is 0.459 e. The van der Waals surface area contributed by atoms with E-state index in [0.29, 0.717) is 6.54 Å². The molecule has 0 bridgehead atoms. The Labute approximate surface area is 139 Å². The predicted octanol–water partition coefficient (Wildman–Crippen LogP) is 1.59. The van der Waals surface area contributed by atoms with E-state index in [1.807, 2.05) is 4.90 Å². The Morgan fingerprint density at radius 1 is 1.46 bits per heavy atom. The van der Waals surface area contributed by atoms with Gasteiger partial charge in [-0.15, -0.1) is 0 Å². The van der Waals surface area contributed by atoms with E-state index in [1.165, 1.54) is 6.26 Å². The highest BCUT2D eigenvalue weighted by atomic mass is 16.3. The third-order valence-electron chi connectivity index (χ3n) is 5.17. The molecule has 1 atom stereocenters. The molecular weight excluding hydrogens is 308 g/mol. The second-order valence-corrected chi connectivity index (χ2v) is 6.53. The monoisotopic (exact) mass is 328 g/mol. The van der Waals surface area contributed by atoms with Crippen molar-refractivity contribution in [2.75, 3.05) is 6.54 Å². The topological polar surface area (TPSA) is 91.2 Å². The van der Waals surface area contributed by atoms with Gasteiger partial charge in [-0.25, -0.2) is 4.98 Å². The molecule has 7 heteroatoms. The Kier molecular flexibility index (Phi) is 3.44. The SMILES string of the molecule is CC(NC(=O)c1ccco1)C(=O)N1CCc2[nH]cnc2C12CCC2. The molecule has 1 unspecified atom stereocenters. The summed E-state index contributed by atoms with van der Waals surface area (Å²) in [5.41, 5.74) is 1.83. The molecule has 1 aliphatic carbocycles. The van der Waals surface area contributed by atoms with Crippen molar-refractivity contribution in [3.05, 3.63) is 41.9 Å². The van der Waals surface area contributed by atoms with E-state index in [4.69, 9.17) is 4.42 Å². The quantitative estimate of drug-likeness (QED) is 0.895. The molecule has 0 radical (unpaired) electrons. The number of aromatic amines is 1. The summed E-state index contributed by atoms with van der Waals surface area (Å²) in [5.74, 6) is -0.231. The zero-order chi connectivity index (χ0) is 16.7. The lowest BCUT2D eigenvalue weighted by Gasteiger charge is -2.52. The number of H-pyrrole nitrogens is 1. The highest BCUT2D eigenvalue weighted by Gasteiger charge is 2.51. The lowest BCUT2D eigenvalue weighted by molar-refractivity contribution is -0.145. The smallest absolute Gasteiger partial charge is 0.287 e. The van der Waals surface area contributed by atoms with E-state index in [-0.39, 0.29) is 23.1 Å². The maximum Gasteiger partial charge on any atom is 0.287 e. The molecule has 1 saturated carbocycles. The summed E-state index contributed by atoms with van der Waals surface area (Å²) in [5, 5.41) is 2.73. The fourth-order valence-corrected chi connectivity index (χ4v) is 3.79. The van der Waals surface area contributed by atoms with Crippen LogP contribution in [0.4, 0.5) is 0 Å². The molecule has 1 aliphatic heterocycles. The van der Waals surface area contributed by atoms with Gasteiger partial charge in [0.1, 0.15) is 6.04 Å². The van der Waals surface area contributed by atoms with Crippen LogP contribution in [-0.4, -0.2) is 39.3 Å². The molecule has 2 aliphatic rings. The van der Waals surface area contributed by atoms with Crippen molar-refractivity contribution in [1.29, 1.82) is 0 Å². The molecule has 2 aromatic rings. The molecule has 7 nitrogen and oxygen atoms in total. The van der Waals surface area contributed by atoms with Crippen LogP contribution in [-0.2, 0) is 16.8 Å². The lowest BCUT2D eigenvalue weighted by Crippen LogP contribution is -2.61. The summed E-state index contributed by atoms with van der Waals surface area (Å²) in [4.78, 5) is 34.7. The molecule has 0 aromatic carbocycles. The standard InChI is InChI=1S/C17H20N4O3/c1-11(20-15(22)13-4-2-9-24-13)16(23)21-8-5-12-14(19-10-18-12)17(21)6-3-7-17/h2,4,9-11H,3,5-8H2,1H3,(H,18,19)(H,20,22). The summed E-state index contributed by atoms with van der Waals surface area (Å²) in [6.07, 6.45) is 6.85. The van der Waals surface area contributed by atoms with E-state index in [9.17, 15) is 9.59 Å². The van der Waals surface area contributed by atoms with E-state index in [1.54, 1.807) is 25.4 Å². The van der Waals surface area contributed by atoms with Crippen molar-refractivity contribution < 1.29 is 14.0 Å². The number of nitrogens with one attached hydrogen (secondary N) is 2. The van der Waals surface area contributed by atoms with Gasteiger partial charge >= 0.3 is 0 Å². The third-order valence-corrected chi connectivity index (χ3v) is 5.17. The Balaban J connectivity index is 1.53. The van der Waals surface area contributed by atoms with Gasteiger partial charge in [0, 0.05) is 18.7 Å². The number of carbonyl (C=O) groups excluding carboxylic acids is 2. The average Bonchev–Trinajstić information content (AvgIpc) is 3.22. The Morgan fingerprint density at radius 2 is 2.29 bits per heavy atom. The van der Waals surface area contributed by atoms with E-state index in [0.717, 1.165) is 37.1 Å². The van der Waals surface area contributed by atoms with Crippen molar-refractivity contribution in [3.63, 3.8) is 0 Å². The second-order valence-electron chi connectivity index (χ2n) is 6.53. The van der Waals surface area contributed by atoms with Crippen molar-refractivity contribution in [2.45, 2.75) is 44.2 Å². The molecule has 4 rings (SSSR count). The summed E-state index contributed by atoms with van der Waals surface area (Å²) < 4.78 is 5.08. The number of carbonyl (C=O) groups is 2. The number of amides is 2. The number of hydrogen-bond donors (Lipinski definition) is 2. The average molecular weight is 328 g/mol. The molecule has 24 heavy (non-hydrogen) atoms. The first-order valence-electron chi connectivity index (χ1n) is 8.30. The molecular formula is C17H20N4O3. The molecule has 2 aromatic heterocycles. The number of furan rings is 1. The number of rotatable bonds is 3. The maximum atomic E-state index is 13.0. The number of aromatic nitrogens is 2. The fourth-order valence-electron chi connectivity index (χ4n) is 3.79. The summed E-state index contributed by atoms with van der Waals surface area (Å²) >= 11 is 0. The molecule has 2 N–H and O–H groups in total. The maximum absolute atomic E-state index is 13.0. The second kappa shape index (κ2) is 5.51. The van der Waals surface area contributed by atoms with Crippen LogP contribution in [0.3, 0.4) is 0 Å². The minimum Gasteiger partial charge on any atom is -0.459 e. The molecule has 0 saturated heterocycles. The van der Waals surface area contributed by atoms with Gasteiger partial charge < -0.3 is 19.6 Å². The Morgan fingerprint density at radius 3 is 2.96 bits per heavy atom. The minimum absolute atomic E-state index is 0.0664. The van der Waals surface area contributed by atoms with Crippen molar-refractivity contribution >= 4 is 11.8 Å². The van der Waals surface area contributed by atoms with Gasteiger partial charge in [0.25, 0.3) is 5.91 Å². The van der Waals surface area contributed by atoms with Crippen LogP contribution in [0.2, 0.25) is 0 Å². The van der Waals surface area contributed by atoms with Crippen molar-refractivity contribution in [1.82, 2.24) is 20.2 Å². The van der Waals surface area contributed by atoms with Gasteiger partial charge in [0.05, 0.1) is 23.8 Å². The first kappa shape index (κ1) is 15.0. The van der Waals surface area contributed by atoms with Gasteiger partial charge in [-0.05, 0) is 38.3 Å². The molecule has 1 fully saturated rings. The highest BCUT2D eigenvalue weighted by molar-refractivity contribution is 5.95. The number of hydrogen-bond acceptors (Lipinski definition) is 4. The highest BCUT2D eigenvalue weighted by Crippen LogP contribution is 2.49. The van der Waals surface area contributed by atoms with Crippen LogP contribution in [0.25, 0.3) is 0 Å². The van der Waals surface area contributed by atoms with E-state index >= 15 is 0 Å². The zero-order valence-corrected chi connectivity index (χ0v) is 13.5. The van der Waals surface area contributed by atoms with Crippen molar-refractivity contribution in [3.8, 4) is 0 Å². The molecule has 1 spiro atoms. The van der Waals surface area contributed by atoms with Crippen LogP contribution in [0.5, 0.6) is 0 Å². The van der Waals surface area contributed by atoms with E-state index in [2.05, 4.69) is 15.3 Å². The predicted molar refractivity (Wildman–Crippen MR) is 85.2 cm³/mol. The molecule has 126 valence electrons. The summed E-state index contributed by atoms with van der Waals surface area (Å²) in [6.45, 7) is 2.37. The lowest BCUT2D eigenvalue weighted by atomic mass is 9.70. The van der Waals surface area contributed by atoms with E-state index < -0.39 is 6.04 Å².